The van der Waals surface area contributed by atoms with E-state index in [1.165, 1.54) is 11.1 Å². The lowest BCUT2D eigenvalue weighted by Gasteiger charge is -2.23. The predicted molar refractivity (Wildman–Crippen MR) is 77.4 cm³/mol. The van der Waals surface area contributed by atoms with Crippen LogP contribution in [0, 0.1) is 6.92 Å². The molecule has 1 saturated heterocycles. The van der Waals surface area contributed by atoms with Crippen molar-refractivity contribution < 1.29 is 9.47 Å². The molecular formula is C16H25NO2. The molecule has 1 aromatic carbocycles. The summed E-state index contributed by atoms with van der Waals surface area (Å²) in [4.78, 5) is 0. The zero-order chi connectivity index (χ0) is 13.7. The molecule has 1 heterocycles. The lowest BCUT2D eigenvalue weighted by Crippen LogP contribution is -2.31. The van der Waals surface area contributed by atoms with Crippen molar-refractivity contribution in [2.75, 3.05) is 19.8 Å². The third-order valence-corrected chi connectivity index (χ3v) is 3.37. The highest BCUT2D eigenvalue weighted by molar-refractivity contribution is 5.24. The van der Waals surface area contributed by atoms with Gasteiger partial charge >= 0.3 is 0 Å². The van der Waals surface area contributed by atoms with E-state index in [1.54, 1.807) is 0 Å². The first-order chi connectivity index (χ1) is 9.15. The van der Waals surface area contributed by atoms with Gasteiger partial charge in [0, 0.05) is 19.2 Å². The summed E-state index contributed by atoms with van der Waals surface area (Å²) in [6.07, 6.45) is 1.35. The van der Waals surface area contributed by atoms with Crippen molar-refractivity contribution in [1.82, 2.24) is 5.32 Å². The summed E-state index contributed by atoms with van der Waals surface area (Å²) >= 11 is 0. The summed E-state index contributed by atoms with van der Waals surface area (Å²) in [5.74, 6) is 0. The third-order valence-electron chi connectivity index (χ3n) is 3.37. The number of rotatable bonds is 6. The van der Waals surface area contributed by atoms with Crippen molar-refractivity contribution in [3.8, 4) is 0 Å². The first-order valence-electron chi connectivity index (χ1n) is 7.18. The molecule has 0 bridgehead atoms. The van der Waals surface area contributed by atoms with Gasteiger partial charge in [-0.25, -0.2) is 0 Å². The minimum absolute atomic E-state index is 0.106. The molecule has 1 aliphatic rings. The average Bonchev–Trinajstić information content (AvgIpc) is 2.87. The van der Waals surface area contributed by atoms with E-state index < -0.39 is 0 Å². The normalized spacial score (nSPS) is 20.9. The van der Waals surface area contributed by atoms with Gasteiger partial charge in [-0.15, -0.1) is 0 Å². The average molecular weight is 263 g/mol. The third kappa shape index (κ3) is 4.60. The lowest BCUT2D eigenvalue weighted by atomic mass is 10.1. The molecule has 106 valence electrons. The fourth-order valence-electron chi connectivity index (χ4n) is 2.31. The molecule has 0 aliphatic carbocycles. The van der Waals surface area contributed by atoms with E-state index in [-0.39, 0.29) is 12.2 Å². The Hall–Kier alpha value is -0.900. The maximum absolute atomic E-state index is 6.22. The highest BCUT2D eigenvalue weighted by Crippen LogP contribution is 2.23. The molecule has 0 spiro atoms. The Morgan fingerprint density at radius 1 is 1.42 bits per heavy atom. The molecule has 0 saturated carbocycles. The molecule has 0 amide bonds. The fraction of sp³-hybridized carbons (Fsp3) is 0.625. The minimum Gasteiger partial charge on any atom is -0.379 e. The van der Waals surface area contributed by atoms with Crippen LogP contribution in [0.15, 0.2) is 24.3 Å². The predicted octanol–water partition coefficient (Wildman–Crippen LogP) is 2.84. The second-order valence-corrected chi connectivity index (χ2v) is 5.59. The summed E-state index contributed by atoms with van der Waals surface area (Å²) in [7, 11) is 0. The van der Waals surface area contributed by atoms with Crippen molar-refractivity contribution in [1.29, 1.82) is 0 Å². The monoisotopic (exact) mass is 263 g/mol. The highest BCUT2D eigenvalue weighted by Gasteiger charge is 2.22. The van der Waals surface area contributed by atoms with E-state index in [9.17, 15) is 0 Å². The van der Waals surface area contributed by atoms with Crippen molar-refractivity contribution in [3.63, 3.8) is 0 Å². The molecule has 1 aromatic rings. The van der Waals surface area contributed by atoms with Crippen molar-refractivity contribution in [3.05, 3.63) is 35.4 Å². The molecule has 1 aliphatic heterocycles. The van der Waals surface area contributed by atoms with Crippen molar-refractivity contribution >= 4 is 0 Å². The topological polar surface area (TPSA) is 30.5 Å². The van der Waals surface area contributed by atoms with Gasteiger partial charge in [0.15, 0.2) is 0 Å². The molecule has 2 atom stereocenters. The zero-order valence-electron chi connectivity index (χ0n) is 12.2. The quantitative estimate of drug-likeness (QED) is 0.856. The molecule has 1 N–H and O–H groups in total. The molecule has 2 rings (SSSR count). The molecule has 2 unspecified atom stereocenters. The van der Waals surface area contributed by atoms with Crippen LogP contribution in [0.3, 0.4) is 0 Å². The standard InChI is InChI=1S/C16H25NO2/c1-12(2)17-10-16(19-15-7-8-18-11-15)14-6-4-5-13(3)9-14/h4-6,9,12,15-17H,7-8,10-11H2,1-3H3. The van der Waals surface area contributed by atoms with Gasteiger partial charge < -0.3 is 14.8 Å². The summed E-state index contributed by atoms with van der Waals surface area (Å²) in [5, 5.41) is 3.47. The number of nitrogens with one attached hydrogen (secondary N) is 1. The van der Waals surface area contributed by atoms with E-state index in [1.807, 2.05) is 0 Å². The molecule has 1 fully saturated rings. The Kier molecular flexibility index (Phi) is 5.37. The van der Waals surface area contributed by atoms with E-state index in [2.05, 4.69) is 50.4 Å². The maximum atomic E-state index is 6.22. The Morgan fingerprint density at radius 3 is 2.89 bits per heavy atom. The molecule has 0 aromatic heterocycles. The number of hydrogen-bond acceptors (Lipinski definition) is 3. The van der Waals surface area contributed by atoms with Gasteiger partial charge in [-0.3, -0.25) is 0 Å². The SMILES string of the molecule is Cc1cccc(C(CNC(C)C)OC2CCOC2)c1. The van der Waals surface area contributed by atoms with Crippen LogP contribution in [-0.4, -0.2) is 31.9 Å². The van der Waals surface area contributed by atoms with Crippen LogP contribution in [0.4, 0.5) is 0 Å². The largest absolute Gasteiger partial charge is 0.379 e. The fourth-order valence-corrected chi connectivity index (χ4v) is 2.31. The molecule has 19 heavy (non-hydrogen) atoms. The minimum atomic E-state index is 0.106. The second kappa shape index (κ2) is 7.04. The van der Waals surface area contributed by atoms with Crippen LogP contribution in [-0.2, 0) is 9.47 Å². The van der Waals surface area contributed by atoms with Crippen LogP contribution in [0.1, 0.15) is 37.5 Å². The van der Waals surface area contributed by atoms with Gasteiger partial charge in [-0.05, 0) is 18.9 Å². The van der Waals surface area contributed by atoms with Gasteiger partial charge in [0.2, 0.25) is 0 Å². The number of hydrogen-bond donors (Lipinski definition) is 1. The van der Waals surface area contributed by atoms with Crippen LogP contribution in [0.25, 0.3) is 0 Å². The Bertz CT molecular complexity index is 386. The molecule has 3 heteroatoms. The van der Waals surface area contributed by atoms with E-state index in [4.69, 9.17) is 9.47 Å². The van der Waals surface area contributed by atoms with Crippen molar-refractivity contribution in [2.24, 2.45) is 0 Å². The zero-order valence-corrected chi connectivity index (χ0v) is 12.2. The van der Waals surface area contributed by atoms with Gasteiger partial charge in [0.25, 0.3) is 0 Å². The molecular weight excluding hydrogens is 238 g/mol. The van der Waals surface area contributed by atoms with E-state index in [0.717, 1.165) is 26.2 Å². The van der Waals surface area contributed by atoms with E-state index >= 15 is 0 Å². The maximum Gasteiger partial charge on any atom is 0.0954 e. The number of benzene rings is 1. The van der Waals surface area contributed by atoms with Gasteiger partial charge in [0.05, 0.1) is 18.8 Å². The van der Waals surface area contributed by atoms with Crippen LogP contribution < -0.4 is 5.32 Å². The Labute approximate surface area is 116 Å². The van der Waals surface area contributed by atoms with Gasteiger partial charge in [0.1, 0.15) is 0 Å². The first kappa shape index (κ1) is 14.5. The summed E-state index contributed by atoms with van der Waals surface area (Å²) in [5.41, 5.74) is 2.53. The summed E-state index contributed by atoms with van der Waals surface area (Å²) < 4.78 is 11.6. The number of aryl methyl sites for hydroxylation is 1. The van der Waals surface area contributed by atoms with Gasteiger partial charge in [-0.2, -0.15) is 0 Å². The van der Waals surface area contributed by atoms with Crippen LogP contribution in [0.2, 0.25) is 0 Å². The summed E-state index contributed by atoms with van der Waals surface area (Å²) in [6.45, 7) is 8.83. The Balaban J connectivity index is 2.03. The highest BCUT2D eigenvalue weighted by atomic mass is 16.6. The Morgan fingerprint density at radius 2 is 2.26 bits per heavy atom. The van der Waals surface area contributed by atoms with Crippen LogP contribution >= 0.6 is 0 Å². The smallest absolute Gasteiger partial charge is 0.0954 e. The molecule has 0 radical (unpaired) electrons. The second-order valence-electron chi connectivity index (χ2n) is 5.59. The first-order valence-corrected chi connectivity index (χ1v) is 7.18. The van der Waals surface area contributed by atoms with Gasteiger partial charge in [-0.1, -0.05) is 43.7 Å². The number of ether oxygens (including phenoxy) is 2. The van der Waals surface area contributed by atoms with Crippen molar-refractivity contribution in [2.45, 2.75) is 45.4 Å². The summed E-state index contributed by atoms with van der Waals surface area (Å²) in [6, 6.07) is 9.05. The van der Waals surface area contributed by atoms with E-state index in [0.29, 0.717) is 6.04 Å². The lowest BCUT2D eigenvalue weighted by molar-refractivity contribution is -0.0172. The molecule has 3 nitrogen and oxygen atoms in total. The van der Waals surface area contributed by atoms with Crippen LogP contribution in [0.5, 0.6) is 0 Å².